The van der Waals surface area contributed by atoms with E-state index in [1.807, 2.05) is 11.0 Å². The molecule has 0 spiro atoms. The third-order valence-corrected chi connectivity index (χ3v) is 6.76. The van der Waals surface area contributed by atoms with Crippen LogP contribution in [-0.4, -0.2) is 42.9 Å². The van der Waals surface area contributed by atoms with Crippen molar-refractivity contribution >= 4 is 5.91 Å². The number of nitrogens with zero attached hydrogens (tertiary/aromatic N) is 1. The second kappa shape index (κ2) is 6.91. The van der Waals surface area contributed by atoms with Gasteiger partial charge in [-0.05, 0) is 31.4 Å². The van der Waals surface area contributed by atoms with Crippen molar-refractivity contribution in [3.05, 3.63) is 35.9 Å². The maximum absolute atomic E-state index is 13.5. The second-order valence-electron chi connectivity index (χ2n) is 8.40. The number of piperidine rings is 1. The number of nitrogens with one attached hydrogen (secondary N) is 1. The number of likely N-dealkylation sites (tertiary alicyclic amines) is 1. The molecule has 1 heterocycles. The molecule has 0 unspecified atom stereocenters. The molecule has 3 fully saturated rings. The van der Waals surface area contributed by atoms with Crippen LogP contribution in [0.1, 0.15) is 44.1 Å². The van der Waals surface area contributed by atoms with Gasteiger partial charge in [-0.2, -0.15) is 0 Å². The van der Waals surface area contributed by atoms with Crippen LogP contribution in [0.2, 0.25) is 0 Å². The summed E-state index contributed by atoms with van der Waals surface area (Å²) in [5, 5.41) is 3.12. The van der Waals surface area contributed by atoms with Gasteiger partial charge in [0.25, 0.3) is 5.92 Å². The lowest BCUT2D eigenvalue weighted by Gasteiger charge is -2.38. The largest absolute Gasteiger partial charge is 0.354 e. The summed E-state index contributed by atoms with van der Waals surface area (Å²) in [6.07, 6.45) is 6.34. The fourth-order valence-electron chi connectivity index (χ4n) is 5.05. The molecule has 0 aromatic heterocycles. The number of carbonyl (C=O) groups is 1. The van der Waals surface area contributed by atoms with Gasteiger partial charge >= 0.3 is 0 Å². The van der Waals surface area contributed by atoms with Crippen molar-refractivity contribution in [2.24, 2.45) is 11.8 Å². The van der Waals surface area contributed by atoms with E-state index in [1.54, 1.807) is 0 Å². The molecule has 1 amide bonds. The molecule has 1 N–H and O–H groups in total. The summed E-state index contributed by atoms with van der Waals surface area (Å²) in [6.45, 7) is 1.85. The van der Waals surface area contributed by atoms with Crippen molar-refractivity contribution in [2.45, 2.75) is 49.9 Å². The molecule has 2 atom stereocenters. The number of benzene rings is 1. The number of amides is 1. The van der Waals surface area contributed by atoms with Gasteiger partial charge in [0.15, 0.2) is 0 Å². The fraction of sp³-hybridized carbons (Fsp3) is 0.667. The first-order valence-electron chi connectivity index (χ1n) is 9.94. The minimum Gasteiger partial charge on any atom is -0.354 e. The second-order valence-corrected chi connectivity index (χ2v) is 8.40. The standard InChI is InChI=1S/C21H28F2N2O/c22-21(23)17-9-12-25(13-18(17)21)14-19(26)24-15-20(10-5-2-6-11-20)16-7-3-1-4-8-16/h1,3-4,7-8,17-18H,2,5-6,9-15H2,(H,24,26)/t17-,18+/m0/s1. The molecule has 3 aliphatic rings. The Morgan fingerprint density at radius 1 is 1.12 bits per heavy atom. The minimum atomic E-state index is -2.50. The number of carbonyl (C=O) groups excluding carboxylic acids is 1. The van der Waals surface area contributed by atoms with Crippen molar-refractivity contribution in [1.82, 2.24) is 10.2 Å². The maximum Gasteiger partial charge on any atom is 0.255 e. The highest BCUT2D eigenvalue weighted by molar-refractivity contribution is 5.78. The number of hydrogen-bond acceptors (Lipinski definition) is 2. The van der Waals surface area contributed by atoms with Gasteiger partial charge in [-0.15, -0.1) is 0 Å². The van der Waals surface area contributed by atoms with Crippen LogP contribution < -0.4 is 5.32 Å². The summed E-state index contributed by atoms with van der Waals surface area (Å²) in [6, 6.07) is 10.5. The molecule has 0 bridgehead atoms. The Kier molecular flexibility index (Phi) is 4.76. The Labute approximate surface area is 154 Å². The predicted molar refractivity (Wildman–Crippen MR) is 97.2 cm³/mol. The molecule has 26 heavy (non-hydrogen) atoms. The van der Waals surface area contributed by atoms with E-state index >= 15 is 0 Å². The number of halogens is 2. The van der Waals surface area contributed by atoms with Gasteiger partial charge in [-0.1, -0.05) is 49.6 Å². The lowest BCUT2D eigenvalue weighted by Crippen LogP contribution is -2.46. The molecule has 1 aromatic carbocycles. The van der Waals surface area contributed by atoms with Crippen LogP contribution in [-0.2, 0) is 10.2 Å². The first kappa shape index (κ1) is 17.9. The van der Waals surface area contributed by atoms with Crippen LogP contribution in [0.15, 0.2) is 30.3 Å². The molecular formula is C21H28F2N2O. The van der Waals surface area contributed by atoms with E-state index in [9.17, 15) is 13.6 Å². The van der Waals surface area contributed by atoms with Gasteiger partial charge in [0.05, 0.1) is 6.54 Å². The van der Waals surface area contributed by atoms with Crippen LogP contribution in [0, 0.1) is 11.8 Å². The topological polar surface area (TPSA) is 32.3 Å². The molecule has 2 aliphatic carbocycles. The molecule has 3 nitrogen and oxygen atoms in total. The van der Waals surface area contributed by atoms with E-state index in [2.05, 4.69) is 29.6 Å². The summed E-state index contributed by atoms with van der Waals surface area (Å²) in [5.74, 6) is -3.50. The monoisotopic (exact) mass is 362 g/mol. The number of hydrogen-bond donors (Lipinski definition) is 1. The lowest BCUT2D eigenvalue weighted by molar-refractivity contribution is -0.122. The van der Waals surface area contributed by atoms with E-state index in [4.69, 9.17) is 0 Å². The highest BCUT2D eigenvalue weighted by Gasteiger charge is 2.68. The molecule has 2 saturated carbocycles. The zero-order valence-electron chi connectivity index (χ0n) is 15.2. The molecule has 5 heteroatoms. The molecule has 4 rings (SSSR count). The van der Waals surface area contributed by atoms with Crippen molar-refractivity contribution in [1.29, 1.82) is 0 Å². The molecule has 1 aliphatic heterocycles. The fourth-order valence-corrected chi connectivity index (χ4v) is 5.05. The highest BCUT2D eigenvalue weighted by atomic mass is 19.3. The minimum absolute atomic E-state index is 0.0195. The van der Waals surface area contributed by atoms with Crippen LogP contribution in [0.4, 0.5) is 8.78 Å². The van der Waals surface area contributed by atoms with Crippen LogP contribution in [0.3, 0.4) is 0 Å². The van der Waals surface area contributed by atoms with Crippen LogP contribution in [0.5, 0.6) is 0 Å². The Morgan fingerprint density at radius 3 is 2.54 bits per heavy atom. The van der Waals surface area contributed by atoms with Gasteiger partial charge in [-0.25, -0.2) is 8.78 Å². The summed E-state index contributed by atoms with van der Waals surface area (Å²) in [7, 11) is 0. The molecular weight excluding hydrogens is 334 g/mol. The normalized spacial score (nSPS) is 29.6. The van der Waals surface area contributed by atoms with E-state index < -0.39 is 17.8 Å². The lowest BCUT2D eigenvalue weighted by atomic mass is 9.69. The van der Waals surface area contributed by atoms with Gasteiger partial charge in [0.1, 0.15) is 0 Å². The highest BCUT2D eigenvalue weighted by Crippen LogP contribution is 2.59. The molecule has 1 saturated heterocycles. The summed E-state index contributed by atoms with van der Waals surface area (Å²) in [4.78, 5) is 14.4. The van der Waals surface area contributed by atoms with E-state index in [1.165, 1.54) is 24.8 Å². The number of fused-ring (bicyclic) bond motifs is 1. The average Bonchev–Trinajstić information content (AvgIpc) is 3.22. The van der Waals surface area contributed by atoms with Crippen molar-refractivity contribution in [3.8, 4) is 0 Å². The summed E-state index contributed by atoms with van der Waals surface area (Å²) in [5.41, 5.74) is 1.32. The summed E-state index contributed by atoms with van der Waals surface area (Å²) >= 11 is 0. The van der Waals surface area contributed by atoms with Gasteiger partial charge in [0.2, 0.25) is 5.91 Å². The van der Waals surface area contributed by atoms with Crippen molar-refractivity contribution in [2.75, 3.05) is 26.2 Å². The maximum atomic E-state index is 13.5. The zero-order chi connectivity index (χ0) is 18.2. The van der Waals surface area contributed by atoms with Gasteiger partial charge < -0.3 is 5.32 Å². The number of rotatable bonds is 5. The Hall–Kier alpha value is -1.49. The Morgan fingerprint density at radius 2 is 1.85 bits per heavy atom. The van der Waals surface area contributed by atoms with Crippen LogP contribution >= 0.6 is 0 Å². The van der Waals surface area contributed by atoms with E-state index in [0.717, 1.165) is 12.8 Å². The average molecular weight is 362 g/mol. The molecule has 1 aromatic rings. The summed E-state index contributed by atoms with van der Waals surface area (Å²) < 4.78 is 27.0. The molecule has 142 valence electrons. The Balaban J connectivity index is 1.34. The third-order valence-electron chi connectivity index (χ3n) is 6.76. The van der Waals surface area contributed by atoms with E-state index in [0.29, 0.717) is 26.1 Å². The zero-order valence-corrected chi connectivity index (χ0v) is 15.2. The van der Waals surface area contributed by atoms with Crippen molar-refractivity contribution < 1.29 is 13.6 Å². The quantitative estimate of drug-likeness (QED) is 0.868. The number of alkyl halides is 2. The SMILES string of the molecule is O=C(CN1CC[C@H]2[C@@H](C1)C2(F)F)NCC1(c2ccccc2)CCCCC1. The van der Waals surface area contributed by atoms with Gasteiger partial charge in [0, 0.05) is 30.3 Å². The molecule has 0 radical (unpaired) electrons. The van der Waals surface area contributed by atoms with Crippen molar-refractivity contribution in [3.63, 3.8) is 0 Å². The first-order valence-corrected chi connectivity index (χ1v) is 9.94. The first-order chi connectivity index (χ1) is 12.5. The third kappa shape index (κ3) is 3.38. The smallest absolute Gasteiger partial charge is 0.255 e. The van der Waals surface area contributed by atoms with Crippen LogP contribution in [0.25, 0.3) is 0 Å². The van der Waals surface area contributed by atoms with E-state index in [-0.39, 0.29) is 17.9 Å². The van der Waals surface area contributed by atoms with Gasteiger partial charge in [-0.3, -0.25) is 9.69 Å². The predicted octanol–water partition coefficient (Wildman–Crippen LogP) is 3.59. The Bertz CT molecular complexity index is 643.